The number of aliphatic carboxylic acids is 1. The van der Waals surface area contributed by atoms with Crippen LogP contribution in [0.1, 0.15) is 17.5 Å². The first-order valence-electron chi connectivity index (χ1n) is 6.97. The molecule has 1 heterocycles. The van der Waals surface area contributed by atoms with Crippen molar-refractivity contribution >= 4 is 17.7 Å². The number of hydrogen-bond donors (Lipinski definition) is 2. The number of rotatable bonds is 2. The van der Waals surface area contributed by atoms with E-state index in [0.29, 0.717) is 17.7 Å². The summed E-state index contributed by atoms with van der Waals surface area (Å²) < 4.78 is 0. The topological polar surface area (TPSA) is 77.8 Å². The number of nitrogens with zero attached hydrogens (tertiary/aromatic N) is 1. The second kappa shape index (κ2) is 5.18. The summed E-state index contributed by atoms with van der Waals surface area (Å²) in [5.41, 5.74) is 0.158. The van der Waals surface area contributed by atoms with Crippen molar-refractivity contribution in [3.05, 3.63) is 65.7 Å². The smallest absolute Gasteiger partial charge is 0.413 e. The molecule has 22 heavy (non-hydrogen) atoms. The summed E-state index contributed by atoms with van der Waals surface area (Å²) in [6.45, 7) is 0. The van der Waals surface area contributed by atoms with Crippen molar-refractivity contribution in [2.75, 3.05) is 4.90 Å². The SMILES string of the molecule is O=C(O)N1c2ccccc2CCC1(C(=O)O)c1ccccc1. The van der Waals surface area contributed by atoms with Gasteiger partial charge in [-0.2, -0.15) is 0 Å². The minimum atomic E-state index is -1.60. The van der Waals surface area contributed by atoms with Crippen molar-refractivity contribution in [3.63, 3.8) is 0 Å². The van der Waals surface area contributed by atoms with E-state index in [0.717, 1.165) is 10.5 Å². The second-order valence-electron chi connectivity index (χ2n) is 5.28. The molecule has 5 heteroatoms. The summed E-state index contributed by atoms with van der Waals surface area (Å²) in [6.07, 6.45) is -0.546. The van der Waals surface area contributed by atoms with E-state index in [1.807, 2.05) is 12.1 Å². The molecule has 0 fully saturated rings. The lowest BCUT2D eigenvalue weighted by molar-refractivity contribution is -0.144. The molecule has 1 aliphatic heterocycles. The minimum Gasteiger partial charge on any atom is -0.479 e. The van der Waals surface area contributed by atoms with Crippen LogP contribution in [0.5, 0.6) is 0 Å². The standard InChI is InChI=1S/C17H15NO4/c19-15(20)17(13-7-2-1-3-8-13)11-10-12-6-4-5-9-14(12)18(17)16(21)22/h1-9H,10-11H2,(H,19,20)(H,21,22). The van der Waals surface area contributed by atoms with Gasteiger partial charge in [-0.25, -0.2) is 9.59 Å². The lowest BCUT2D eigenvalue weighted by Crippen LogP contribution is -2.57. The van der Waals surface area contributed by atoms with Crippen molar-refractivity contribution in [2.24, 2.45) is 0 Å². The molecule has 2 aromatic carbocycles. The van der Waals surface area contributed by atoms with Crippen LogP contribution in [-0.4, -0.2) is 22.3 Å². The van der Waals surface area contributed by atoms with Crippen molar-refractivity contribution < 1.29 is 19.8 Å². The number of carbonyl (C=O) groups is 2. The predicted octanol–water partition coefficient (Wildman–Crippen LogP) is 3.10. The van der Waals surface area contributed by atoms with Gasteiger partial charge in [0.25, 0.3) is 0 Å². The molecule has 0 aromatic heterocycles. The third kappa shape index (κ3) is 1.94. The number of aryl methyl sites for hydroxylation is 1. The molecule has 5 nitrogen and oxygen atoms in total. The Bertz CT molecular complexity index is 728. The molecule has 0 spiro atoms. The van der Waals surface area contributed by atoms with Gasteiger partial charge in [0.2, 0.25) is 0 Å². The van der Waals surface area contributed by atoms with E-state index in [1.165, 1.54) is 0 Å². The molecule has 0 bridgehead atoms. The molecule has 112 valence electrons. The number of anilines is 1. The van der Waals surface area contributed by atoms with Gasteiger partial charge in [-0.15, -0.1) is 0 Å². The molecular weight excluding hydrogens is 282 g/mol. The maximum atomic E-state index is 12.1. The van der Waals surface area contributed by atoms with Crippen molar-refractivity contribution in [1.82, 2.24) is 0 Å². The number of carboxylic acid groups (broad SMARTS) is 2. The minimum absolute atomic E-state index is 0.204. The van der Waals surface area contributed by atoms with Gasteiger partial charge < -0.3 is 10.2 Å². The average Bonchev–Trinajstić information content (AvgIpc) is 2.54. The van der Waals surface area contributed by atoms with Crippen molar-refractivity contribution in [2.45, 2.75) is 18.4 Å². The first-order valence-corrected chi connectivity index (χ1v) is 6.97. The number of hydrogen-bond acceptors (Lipinski definition) is 2. The molecule has 2 aromatic rings. The van der Waals surface area contributed by atoms with E-state index < -0.39 is 17.6 Å². The normalized spacial score (nSPS) is 20.3. The maximum Gasteiger partial charge on any atom is 0.413 e. The van der Waals surface area contributed by atoms with Crippen LogP contribution in [0.4, 0.5) is 10.5 Å². The van der Waals surface area contributed by atoms with Crippen LogP contribution in [0, 0.1) is 0 Å². The Balaban J connectivity index is 2.27. The highest BCUT2D eigenvalue weighted by Crippen LogP contribution is 2.43. The monoisotopic (exact) mass is 297 g/mol. The highest BCUT2D eigenvalue weighted by atomic mass is 16.4. The van der Waals surface area contributed by atoms with Gasteiger partial charge in [0, 0.05) is 0 Å². The van der Waals surface area contributed by atoms with Crippen LogP contribution in [0.3, 0.4) is 0 Å². The Labute approximate surface area is 127 Å². The zero-order valence-corrected chi connectivity index (χ0v) is 11.8. The summed E-state index contributed by atoms with van der Waals surface area (Å²) >= 11 is 0. The first kappa shape index (κ1) is 14.1. The molecule has 2 N–H and O–H groups in total. The number of fused-ring (bicyclic) bond motifs is 1. The molecule has 0 saturated carbocycles. The Hall–Kier alpha value is -2.82. The van der Waals surface area contributed by atoms with Gasteiger partial charge in [-0.05, 0) is 30.0 Å². The average molecular weight is 297 g/mol. The van der Waals surface area contributed by atoms with E-state index in [2.05, 4.69) is 0 Å². The highest BCUT2D eigenvalue weighted by molar-refractivity contribution is 5.99. The van der Waals surface area contributed by atoms with Crippen molar-refractivity contribution in [1.29, 1.82) is 0 Å². The Morgan fingerprint density at radius 3 is 2.23 bits per heavy atom. The molecule has 0 saturated heterocycles. The van der Waals surface area contributed by atoms with Gasteiger partial charge in [-0.1, -0.05) is 48.5 Å². The molecule has 1 atom stereocenters. The van der Waals surface area contributed by atoms with Crippen LogP contribution in [0.2, 0.25) is 0 Å². The largest absolute Gasteiger partial charge is 0.479 e. The second-order valence-corrected chi connectivity index (χ2v) is 5.28. The maximum absolute atomic E-state index is 12.1. The number of carboxylic acids is 1. The number of benzene rings is 2. The fourth-order valence-corrected chi connectivity index (χ4v) is 3.15. The molecular formula is C17H15NO4. The quantitative estimate of drug-likeness (QED) is 0.893. The van der Waals surface area contributed by atoms with E-state index in [-0.39, 0.29) is 6.42 Å². The van der Waals surface area contributed by atoms with Gasteiger partial charge in [0.15, 0.2) is 5.54 Å². The van der Waals surface area contributed by atoms with E-state index in [9.17, 15) is 19.8 Å². The molecule has 1 unspecified atom stereocenters. The Kier molecular flexibility index (Phi) is 3.33. The third-order valence-electron chi connectivity index (χ3n) is 4.17. The number of para-hydroxylation sites is 1. The third-order valence-corrected chi connectivity index (χ3v) is 4.17. The zero-order valence-electron chi connectivity index (χ0n) is 11.8. The van der Waals surface area contributed by atoms with Crippen molar-refractivity contribution in [3.8, 4) is 0 Å². The summed E-state index contributed by atoms with van der Waals surface area (Å²) in [5, 5.41) is 19.6. The summed E-state index contributed by atoms with van der Waals surface area (Å²) in [6, 6.07) is 15.6. The molecule has 3 rings (SSSR count). The highest BCUT2D eigenvalue weighted by Gasteiger charge is 2.51. The fourth-order valence-electron chi connectivity index (χ4n) is 3.15. The van der Waals surface area contributed by atoms with Gasteiger partial charge >= 0.3 is 12.1 Å². The van der Waals surface area contributed by atoms with Crippen LogP contribution >= 0.6 is 0 Å². The lowest BCUT2D eigenvalue weighted by Gasteiger charge is -2.43. The van der Waals surface area contributed by atoms with E-state index in [4.69, 9.17) is 0 Å². The van der Waals surface area contributed by atoms with Crippen LogP contribution < -0.4 is 4.90 Å². The predicted molar refractivity (Wildman–Crippen MR) is 81.0 cm³/mol. The van der Waals surface area contributed by atoms with Gasteiger partial charge in [0.05, 0.1) is 5.69 Å². The zero-order chi connectivity index (χ0) is 15.7. The lowest BCUT2D eigenvalue weighted by atomic mass is 9.79. The Morgan fingerprint density at radius 1 is 0.955 bits per heavy atom. The molecule has 1 aliphatic rings. The molecule has 1 amide bonds. The Morgan fingerprint density at radius 2 is 1.59 bits per heavy atom. The van der Waals surface area contributed by atoms with Gasteiger partial charge in [0.1, 0.15) is 0 Å². The summed E-state index contributed by atoms with van der Waals surface area (Å²) in [5.74, 6) is -1.16. The van der Waals surface area contributed by atoms with E-state index >= 15 is 0 Å². The number of amides is 1. The summed E-state index contributed by atoms with van der Waals surface area (Å²) in [7, 11) is 0. The molecule has 0 aliphatic carbocycles. The fraction of sp³-hybridized carbons (Fsp3) is 0.176. The summed E-state index contributed by atoms with van der Waals surface area (Å²) in [4.78, 5) is 25.0. The van der Waals surface area contributed by atoms with Crippen LogP contribution in [0.15, 0.2) is 54.6 Å². The van der Waals surface area contributed by atoms with Crippen LogP contribution in [-0.2, 0) is 16.8 Å². The van der Waals surface area contributed by atoms with E-state index in [1.54, 1.807) is 42.5 Å². The first-order chi connectivity index (χ1) is 10.6. The van der Waals surface area contributed by atoms with Gasteiger partial charge in [-0.3, -0.25) is 4.90 Å². The molecule has 0 radical (unpaired) electrons. The van der Waals surface area contributed by atoms with Crippen LogP contribution in [0.25, 0.3) is 0 Å².